The molecule has 2 aromatic heterocycles. The summed E-state index contributed by atoms with van der Waals surface area (Å²) in [6, 6.07) is 10.2. The van der Waals surface area contributed by atoms with Crippen LogP contribution in [0.15, 0.2) is 46.5 Å². The normalized spacial score (nSPS) is 12.5. The Balaban J connectivity index is 1.69. The first-order chi connectivity index (χ1) is 20.5. The van der Waals surface area contributed by atoms with Gasteiger partial charge in [0.05, 0.1) is 11.0 Å². The van der Waals surface area contributed by atoms with Crippen molar-refractivity contribution in [3.05, 3.63) is 36.7 Å². The van der Waals surface area contributed by atoms with Crippen molar-refractivity contribution in [2.24, 2.45) is 0 Å². The second-order valence-corrected chi connectivity index (χ2v) is 17.1. The molecule has 8 nitrogen and oxygen atoms in total. The first kappa shape index (κ1) is 35.4. The zero-order chi connectivity index (χ0) is 30.3. The number of hydrogen-bond donors (Lipinski definition) is 0. The van der Waals surface area contributed by atoms with Gasteiger partial charge in [-0.1, -0.05) is 12.1 Å². The number of rotatable bonds is 22. The second-order valence-electron chi connectivity index (χ2n) is 9.34. The van der Waals surface area contributed by atoms with Crippen molar-refractivity contribution in [1.29, 1.82) is 0 Å². The molecule has 0 saturated heterocycles. The molecule has 0 aliphatic heterocycles. The summed E-state index contributed by atoms with van der Waals surface area (Å²) in [5, 5.41) is 2.27. The van der Waals surface area contributed by atoms with Gasteiger partial charge in [0.25, 0.3) is 0 Å². The topological polar surface area (TPSA) is 81.2 Å². The van der Waals surface area contributed by atoms with Gasteiger partial charge in [0, 0.05) is 84.7 Å². The third-order valence-corrected chi connectivity index (χ3v) is 15.1. The summed E-state index contributed by atoms with van der Waals surface area (Å²) in [7, 11) is -5.25. The van der Waals surface area contributed by atoms with E-state index >= 15 is 0 Å². The van der Waals surface area contributed by atoms with Gasteiger partial charge in [-0.3, -0.25) is 9.97 Å². The highest BCUT2D eigenvalue weighted by molar-refractivity contribution is 7.99. The molecule has 234 valence electrons. The van der Waals surface area contributed by atoms with E-state index in [-0.39, 0.29) is 0 Å². The SMILES string of the molecule is CCO[Si](CCCSc1ccnc2c1ccc1c(SCCC[Si](OCC)(OCC)OCC)ccnc12)(OCC)OCC. The molecule has 0 saturated carbocycles. The van der Waals surface area contributed by atoms with Crippen molar-refractivity contribution >= 4 is 62.9 Å². The molecule has 2 heterocycles. The molecule has 0 unspecified atom stereocenters. The summed E-state index contributed by atoms with van der Waals surface area (Å²) in [5.41, 5.74) is 1.88. The van der Waals surface area contributed by atoms with Crippen LogP contribution in [-0.2, 0) is 26.6 Å². The fourth-order valence-corrected chi connectivity index (χ4v) is 12.7. The number of aromatic nitrogens is 2. The molecule has 0 fully saturated rings. The van der Waals surface area contributed by atoms with Crippen LogP contribution in [0.25, 0.3) is 21.8 Å². The lowest BCUT2D eigenvalue weighted by Gasteiger charge is -2.28. The van der Waals surface area contributed by atoms with Crippen LogP contribution in [0, 0.1) is 0 Å². The zero-order valence-corrected chi connectivity index (χ0v) is 29.7. The molecule has 0 bridgehead atoms. The average molecular weight is 653 g/mol. The lowest BCUT2D eigenvalue weighted by Crippen LogP contribution is -2.46. The quantitative estimate of drug-likeness (QED) is 0.0463. The maximum Gasteiger partial charge on any atom is 0.500 e. The Morgan fingerprint density at radius 2 is 0.857 bits per heavy atom. The number of thioether (sulfide) groups is 2. The molecule has 0 aliphatic carbocycles. The van der Waals surface area contributed by atoms with E-state index in [2.05, 4.69) is 24.3 Å². The highest BCUT2D eigenvalue weighted by atomic mass is 32.2. The standard InChI is InChI=1S/C30H48N2O6S2Si2/c1-7-33-41(34-8-2,35-9-3)23-13-21-39-27-17-19-31-29-25(27)15-16-26-28(18-20-32-30(26)29)40-22-14-24-42(36-10-4,37-11-5)38-12-6/h15-20H,7-14,21-24H2,1-6H3. The molecular formula is C30H48N2O6S2Si2. The van der Waals surface area contributed by atoms with Gasteiger partial charge >= 0.3 is 17.6 Å². The number of benzene rings is 1. The van der Waals surface area contributed by atoms with Gasteiger partial charge in [-0.25, -0.2) is 0 Å². The number of hydrogen-bond acceptors (Lipinski definition) is 10. The second kappa shape index (κ2) is 18.7. The minimum absolute atomic E-state index is 0.602. The molecule has 0 aliphatic rings. The number of nitrogens with zero attached hydrogens (tertiary/aromatic N) is 2. The minimum atomic E-state index is -2.62. The van der Waals surface area contributed by atoms with E-state index in [1.54, 1.807) is 0 Å². The predicted octanol–water partition coefficient (Wildman–Crippen LogP) is 7.84. The smallest absolute Gasteiger partial charge is 0.374 e. The minimum Gasteiger partial charge on any atom is -0.374 e. The molecular weight excluding hydrogens is 605 g/mol. The third kappa shape index (κ3) is 9.72. The Labute approximate surface area is 262 Å². The van der Waals surface area contributed by atoms with Gasteiger partial charge in [0.2, 0.25) is 0 Å². The van der Waals surface area contributed by atoms with Crippen LogP contribution in [-0.4, -0.2) is 78.7 Å². The summed E-state index contributed by atoms with van der Waals surface area (Å²) in [4.78, 5) is 11.9. The van der Waals surface area contributed by atoms with Crippen molar-refractivity contribution < 1.29 is 26.6 Å². The van der Waals surface area contributed by atoms with Gasteiger partial charge in [0.1, 0.15) is 0 Å². The van der Waals surface area contributed by atoms with Crippen molar-refractivity contribution in [2.45, 2.75) is 76.3 Å². The predicted molar refractivity (Wildman–Crippen MR) is 179 cm³/mol. The van der Waals surface area contributed by atoms with E-state index in [4.69, 9.17) is 36.5 Å². The molecule has 42 heavy (non-hydrogen) atoms. The maximum atomic E-state index is 6.02. The maximum absolute atomic E-state index is 6.02. The fraction of sp³-hybridized carbons (Fsp3) is 0.600. The van der Waals surface area contributed by atoms with Gasteiger partial charge in [0.15, 0.2) is 0 Å². The number of pyridine rings is 2. The Kier molecular flexibility index (Phi) is 15.7. The summed E-state index contributed by atoms with van der Waals surface area (Å²) < 4.78 is 36.1. The Morgan fingerprint density at radius 3 is 1.17 bits per heavy atom. The molecule has 12 heteroatoms. The van der Waals surface area contributed by atoms with Crippen molar-refractivity contribution in [3.8, 4) is 0 Å². The van der Waals surface area contributed by atoms with Crippen molar-refractivity contribution in [1.82, 2.24) is 9.97 Å². The van der Waals surface area contributed by atoms with Crippen LogP contribution in [0.4, 0.5) is 0 Å². The van der Waals surface area contributed by atoms with Gasteiger partial charge < -0.3 is 26.6 Å². The first-order valence-electron chi connectivity index (χ1n) is 15.3. The zero-order valence-electron chi connectivity index (χ0n) is 26.1. The van der Waals surface area contributed by atoms with Crippen molar-refractivity contribution in [3.63, 3.8) is 0 Å². The summed E-state index contributed by atoms with van der Waals surface area (Å²) in [6.07, 6.45) is 5.69. The largest absolute Gasteiger partial charge is 0.500 e. The van der Waals surface area contributed by atoms with E-state index in [0.717, 1.165) is 58.2 Å². The van der Waals surface area contributed by atoms with E-state index in [1.807, 2.05) is 77.5 Å². The van der Waals surface area contributed by atoms with Gasteiger partial charge in [-0.05, 0) is 78.0 Å². The molecule has 0 radical (unpaired) electrons. The average Bonchev–Trinajstić information content (AvgIpc) is 2.98. The van der Waals surface area contributed by atoms with Crippen LogP contribution in [0.1, 0.15) is 54.4 Å². The van der Waals surface area contributed by atoms with E-state index in [9.17, 15) is 0 Å². The Hall–Kier alpha value is -1.07. The summed E-state index contributed by atoms with van der Waals surface area (Å²) >= 11 is 3.68. The monoisotopic (exact) mass is 652 g/mol. The molecule has 0 atom stereocenters. The van der Waals surface area contributed by atoms with E-state index in [1.165, 1.54) is 9.79 Å². The molecule has 0 amide bonds. The molecule has 0 spiro atoms. The van der Waals surface area contributed by atoms with E-state index < -0.39 is 17.6 Å². The van der Waals surface area contributed by atoms with Gasteiger partial charge in [-0.15, -0.1) is 23.5 Å². The first-order valence-corrected chi connectivity index (χ1v) is 21.1. The van der Waals surface area contributed by atoms with Crippen molar-refractivity contribution in [2.75, 3.05) is 51.1 Å². The Morgan fingerprint density at radius 1 is 0.524 bits per heavy atom. The molecule has 0 N–H and O–H groups in total. The highest BCUT2D eigenvalue weighted by Crippen LogP contribution is 2.35. The lowest BCUT2D eigenvalue weighted by molar-refractivity contribution is 0.0704. The van der Waals surface area contributed by atoms with Crippen LogP contribution >= 0.6 is 23.5 Å². The molecule has 3 aromatic rings. The lowest BCUT2D eigenvalue weighted by atomic mass is 10.1. The third-order valence-electron chi connectivity index (χ3n) is 6.50. The van der Waals surface area contributed by atoms with Gasteiger partial charge in [-0.2, -0.15) is 0 Å². The summed E-state index contributed by atoms with van der Waals surface area (Å²) in [6.45, 7) is 15.6. The molecule has 3 rings (SSSR count). The Bertz CT molecular complexity index is 1100. The molecule has 1 aromatic carbocycles. The van der Waals surface area contributed by atoms with Crippen LogP contribution in [0.5, 0.6) is 0 Å². The summed E-state index contributed by atoms with van der Waals surface area (Å²) in [5.74, 6) is 1.89. The van der Waals surface area contributed by atoms with Crippen LogP contribution < -0.4 is 0 Å². The van der Waals surface area contributed by atoms with Crippen LogP contribution in [0.2, 0.25) is 12.1 Å². The van der Waals surface area contributed by atoms with E-state index in [0.29, 0.717) is 39.6 Å². The number of fused-ring (bicyclic) bond motifs is 3. The highest BCUT2D eigenvalue weighted by Gasteiger charge is 2.40. The van der Waals surface area contributed by atoms with Crippen LogP contribution in [0.3, 0.4) is 0 Å². The fourth-order valence-electron chi connectivity index (χ4n) is 4.97.